The number of aryl methyl sites for hydroxylation is 1. The number of hydrogen-bond donors (Lipinski definition) is 1. The number of aliphatic carboxylic acids is 1. The number of hydrogen-bond acceptors (Lipinski definition) is 6. The van der Waals surface area contributed by atoms with Gasteiger partial charge in [0.2, 0.25) is 20.9 Å². The van der Waals surface area contributed by atoms with Gasteiger partial charge in [0.1, 0.15) is 10.6 Å². The van der Waals surface area contributed by atoms with Gasteiger partial charge in [-0.25, -0.2) is 18.2 Å². The highest BCUT2D eigenvalue weighted by molar-refractivity contribution is 8.04. The highest BCUT2D eigenvalue weighted by Gasteiger charge is 2.85. The Morgan fingerprint density at radius 3 is 2.91 bits per heavy atom. The Labute approximate surface area is 135 Å². The molecule has 1 N–H and O–H groups in total. The monoisotopic (exact) mass is 353 g/mol. The molecule has 1 spiro atoms. The van der Waals surface area contributed by atoms with E-state index in [4.69, 9.17) is 5.11 Å². The Hall–Kier alpha value is -1.81. The van der Waals surface area contributed by atoms with E-state index in [0.717, 1.165) is 0 Å². The number of carboxylic acids is 1. The SMILES string of the molecule is O=C(O)C1=CSC23C(C(=O)N12)C3c1cn2c(n1)S(=O)(=O)CCC2. The van der Waals surface area contributed by atoms with Crippen LogP contribution in [0.4, 0.5) is 0 Å². The second-order valence-corrected chi connectivity index (χ2v) is 9.25. The zero-order chi connectivity index (χ0) is 16.1. The van der Waals surface area contributed by atoms with Crippen molar-refractivity contribution in [3.63, 3.8) is 0 Å². The quantitative estimate of drug-likeness (QED) is 0.744. The van der Waals surface area contributed by atoms with E-state index >= 15 is 0 Å². The highest BCUT2D eigenvalue weighted by Crippen LogP contribution is 2.77. The molecule has 4 aliphatic rings. The predicted octanol–water partition coefficient (Wildman–Crippen LogP) is -0.0148. The fourth-order valence-electron chi connectivity index (χ4n) is 3.93. The molecule has 0 radical (unpaired) electrons. The lowest BCUT2D eigenvalue weighted by Crippen LogP contribution is -2.50. The molecule has 3 aliphatic heterocycles. The smallest absolute Gasteiger partial charge is 0.353 e. The van der Waals surface area contributed by atoms with Crippen molar-refractivity contribution in [2.75, 3.05) is 5.75 Å². The molecular weight excluding hydrogens is 342 g/mol. The Bertz CT molecular complexity index is 933. The van der Waals surface area contributed by atoms with Crippen LogP contribution in [0.1, 0.15) is 18.0 Å². The van der Waals surface area contributed by atoms with Crippen molar-refractivity contribution in [3.05, 3.63) is 23.0 Å². The van der Waals surface area contributed by atoms with E-state index in [1.54, 1.807) is 10.8 Å². The van der Waals surface area contributed by atoms with Gasteiger partial charge in [0.15, 0.2) is 0 Å². The summed E-state index contributed by atoms with van der Waals surface area (Å²) in [6.45, 7) is 0.593. The molecule has 3 atom stereocenters. The normalized spacial score (nSPS) is 35.7. The molecular formula is C13H11N3O5S2. The van der Waals surface area contributed by atoms with Gasteiger partial charge in [-0.3, -0.25) is 9.69 Å². The van der Waals surface area contributed by atoms with E-state index < -0.39 is 20.7 Å². The first kappa shape index (κ1) is 13.6. The number of nitrogens with zero attached hydrogens (tertiary/aromatic N) is 3. The third-order valence-electron chi connectivity index (χ3n) is 4.94. The highest BCUT2D eigenvalue weighted by atomic mass is 32.2. The molecule has 1 saturated heterocycles. The maximum absolute atomic E-state index is 12.2. The number of amides is 1. The van der Waals surface area contributed by atoms with E-state index in [0.29, 0.717) is 18.7 Å². The lowest BCUT2D eigenvalue weighted by atomic mass is 10.2. The number of carboxylic acid groups (broad SMARTS) is 1. The van der Waals surface area contributed by atoms with Crippen LogP contribution in [-0.4, -0.2) is 50.5 Å². The molecule has 1 amide bonds. The number of rotatable bonds is 2. The topological polar surface area (TPSA) is 110 Å². The summed E-state index contributed by atoms with van der Waals surface area (Å²) in [4.78, 5) is 28.4. The first-order chi connectivity index (χ1) is 10.9. The van der Waals surface area contributed by atoms with Crippen molar-refractivity contribution in [2.24, 2.45) is 5.92 Å². The molecule has 8 nitrogen and oxygen atoms in total. The van der Waals surface area contributed by atoms with Crippen LogP contribution in [0.15, 0.2) is 22.5 Å². The molecule has 0 bridgehead atoms. The van der Waals surface area contributed by atoms with E-state index in [2.05, 4.69) is 4.98 Å². The average Bonchev–Trinajstić information content (AvgIpc) is 2.75. The summed E-state index contributed by atoms with van der Waals surface area (Å²) in [5.41, 5.74) is 0.564. The van der Waals surface area contributed by atoms with Crippen molar-refractivity contribution >= 4 is 33.5 Å². The van der Waals surface area contributed by atoms with Gasteiger partial charge in [-0.1, -0.05) is 0 Å². The molecule has 0 aromatic carbocycles. The van der Waals surface area contributed by atoms with Crippen LogP contribution >= 0.6 is 11.8 Å². The molecule has 10 heteroatoms. The first-order valence-corrected chi connectivity index (χ1v) is 9.66. The number of carbonyl (C=O) groups excluding carboxylic acids is 1. The third kappa shape index (κ3) is 1.40. The van der Waals surface area contributed by atoms with Gasteiger partial charge >= 0.3 is 5.97 Å². The molecule has 23 heavy (non-hydrogen) atoms. The molecule has 2 fully saturated rings. The minimum absolute atomic E-state index is 0.00431. The zero-order valence-corrected chi connectivity index (χ0v) is 13.3. The van der Waals surface area contributed by atoms with Crippen molar-refractivity contribution in [2.45, 2.75) is 28.9 Å². The standard InChI is InChI=1S/C13H11N3O5S2/c17-10-9-8(13(9)16(10)7(5-22-13)11(18)19)6-4-15-2-1-3-23(20,21)12(15)14-6/h4-5,8-9H,1-3H2,(H,18,19). The molecule has 1 aromatic heterocycles. The van der Waals surface area contributed by atoms with Crippen LogP contribution in [0.2, 0.25) is 0 Å². The fraction of sp³-hybridized carbons (Fsp3) is 0.462. The van der Waals surface area contributed by atoms with Gasteiger partial charge in [0.05, 0.1) is 23.3 Å². The molecule has 120 valence electrons. The van der Waals surface area contributed by atoms with Gasteiger partial charge in [-0.05, 0) is 6.42 Å². The molecule has 3 unspecified atom stereocenters. The molecule has 5 rings (SSSR count). The van der Waals surface area contributed by atoms with Gasteiger partial charge < -0.3 is 9.67 Å². The van der Waals surface area contributed by atoms with Crippen molar-refractivity contribution in [3.8, 4) is 0 Å². The molecule has 1 saturated carbocycles. The summed E-state index contributed by atoms with van der Waals surface area (Å²) in [5, 5.41) is 10.7. The first-order valence-electron chi connectivity index (χ1n) is 7.13. The van der Waals surface area contributed by atoms with Crippen LogP contribution in [0.3, 0.4) is 0 Å². The summed E-state index contributed by atoms with van der Waals surface area (Å²) in [7, 11) is -3.36. The second-order valence-electron chi connectivity index (χ2n) is 6.12. The van der Waals surface area contributed by atoms with Crippen molar-refractivity contribution in [1.29, 1.82) is 0 Å². The van der Waals surface area contributed by atoms with Gasteiger partial charge in [0, 0.05) is 18.1 Å². The largest absolute Gasteiger partial charge is 0.477 e. The van der Waals surface area contributed by atoms with Gasteiger partial charge in [-0.15, -0.1) is 11.8 Å². The number of sulfone groups is 1. The molecule has 4 heterocycles. The maximum atomic E-state index is 12.2. The number of fused-ring (bicyclic) bond motifs is 1. The van der Waals surface area contributed by atoms with E-state index in [1.165, 1.54) is 22.1 Å². The third-order valence-corrected chi connectivity index (χ3v) is 8.06. The number of aromatic nitrogens is 2. The number of imidazole rings is 1. The van der Waals surface area contributed by atoms with Gasteiger partial charge in [0.25, 0.3) is 0 Å². The lowest BCUT2D eigenvalue weighted by molar-refractivity contribution is -0.146. The van der Waals surface area contributed by atoms with Crippen LogP contribution in [0.5, 0.6) is 0 Å². The fourth-order valence-corrected chi connectivity index (χ4v) is 6.88. The Kier molecular flexibility index (Phi) is 2.25. The van der Waals surface area contributed by atoms with Crippen LogP contribution < -0.4 is 0 Å². The lowest BCUT2D eigenvalue weighted by Gasteiger charge is -2.33. The van der Waals surface area contributed by atoms with Crippen LogP contribution in [-0.2, 0) is 26.0 Å². The van der Waals surface area contributed by atoms with E-state index in [-0.39, 0.29) is 34.3 Å². The summed E-state index contributed by atoms with van der Waals surface area (Å²) >= 11 is 1.32. The summed E-state index contributed by atoms with van der Waals surface area (Å²) in [6.07, 6.45) is 2.25. The molecule has 1 aromatic rings. The van der Waals surface area contributed by atoms with Gasteiger partial charge in [-0.2, -0.15) is 0 Å². The number of β-lactam (4-membered cyclic amide) rings is 1. The minimum atomic E-state index is -3.36. The second kappa shape index (κ2) is 3.81. The molecule has 1 aliphatic carbocycles. The minimum Gasteiger partial charge on any atom is -0.477 e. The Morgan fingerprint density at radius 1 is 1.43 bits per heavy atom. The average molecular weight is 353 g/mol. The van der Waals surface area contributed by atoms with Crippen LogP contribution in [0, 0.1) is 5.92 Å². The Balaban J connectivity index is 1.54. The van der Waals surface area contributed by atoms with E-state index in [1.807, 2.05) is 0 Å². The van der Waals surface area contributed by atoms with Crippen molar-refractivity contribution in [1.82, 2.24) is 14.5 Å². The maximum Gasteiger partial charge on any atom is 0.353 e. The Morgan fingerprint density at radius 2 is 2.22 bits per heavy atom. The van der Waals surface area contributed by atoms with Crippen LogP contribution in [0.25, 0.3) is 0 Å². The predicted molar refractivity (Wildman–Crippen MR) is 78.0 cm³/mol. The summed E-state index contributed by atoms with van der Waals surface area (Å²) < 4.78 is 25.8. The van der Waals surface area contributed by atoms with Crippen molar-refractivity contribution < 1.29 is 23.1 Å². The van der Waals surface area contributed by atoms with E-state index in [9.17, 15) is 18.0 Å². The zero-order valence-electron chi connectivity index (χ0n) is 11.7. The number of thioether (sulfide) groups is 1. The summed E-state index contributed by atoms with van der Waals surface area (Å²) in [5.74, 6) is -1.81. The number of carbonyl (C=O) groups is 2. The summed E-state index contributed by atoms with van der Waals surface area (Å²) in [6, 6.07) is 0.